The van der Waals surface area contributed by atoms with Crippen molar-refractivity contribution in [1.82, 2.24) is 0 Å². The molecule has 0 bridgehead atoms. The molecule has 0 heterocycles. The summed E-state index contributed by atoms with van der Waals surface area (Å²) in [7, 11) is 0. The van der Waals surface area contributed by atoms with E-state index in [4.69, 9.17) is 23.2 Å². The molecule has 0 amide bonds. The van der Waals surface area contributed by atoms with Crippen LogP contribution in [0.3, 0.4) is 0 Å². The topological polar surface area (TPSA) is 0 Å². The molecule has 3 rings (SSSR count). The first-order chi connectivity index (χ1) is 9.58. The van der Waals surface area contributed by atoms with E-state index in [2.05, 4.69) is 37.4 Å². The van der Waals surface area contributed by atoms with Crippen LogP contribution in [-0.4, -0.2) is 0 Å². The van der Waals surface area contributed by atoms with Gasteiger partial charge in [0.2, 0.25) is 0 Å². The zero-order chi connectivity index (χ0) is 14.3. The van der Waals surface area contributed by atoms with Crippen LogP contribution >= 0.6 is 23.2 Å². The smallest absolute Gasteiger partial charge is 0.0412 e. The number of hydrogen-bond donors (Lipinski definition) is 0. The van der Waals surface area contributed by atoms with Gasteiger partial charge in [0, 0.05) is 21.2 Å². The van der Waals surface area contributed by atoms with Crippen LogP contribution in [-0.2, 0) is 0 Å². The predicted molar refractivity (Wildman–Crippen MR) is 91.2 cm³/mol. The van der Waals surface area contributed by atoms with E-state index < -0.39 is 0 Å². The van der Waals surface area contributed by atoms with Crippen molar-refractivity contribution in [3.05, 3.63) is 72.8 Å². The number of rotatable bonds is 2. The fraction of sp³-hybridized carbons (Fsp3) is 0. The number of fused-ring (bicyclic) bond motifs is 2. The Balaban J connectivity index is 2.46. The maximum Gasteiger partial charge on any atom is 0.0412 e. The lowest BCUT2D eigenvalue weighted by molar-refractivity contribution is 1.71. The molecule has 0 aliphatic rings. The lowest BCUT2D eigenvalue weighted by Gasteiger charge is -2.10. The molecule has 2 heteroatoms. The van der Waals surface area contributed by atoms with Gasteiger partial charge < -0.3 is 0 Å². The standard InChI is InChI=1S/C18H12Cl2/c1-11(19)15-7-3-5-13-10-18-14(9-17(13)15)6-4-8-16(18)12(2)20/h3-10H,1-2H2. The van der Waals surface area contributed by atoms with Crippen molar-refractivity contribution in [3.63, 3.8) is 0 Å². The molecule has 3 aromatic carbocycles. The Hall–Kier alpha value is -1.76. The van der Waals surface area contributed by atoms with Crippen LogP contribution in [0.15, 0.2) is 61.7 Å². The van der Waals surface area contributed by atoms with Crippen molar-refractivity contribution in [3.8, 4) is 0 Å². The predicted octanol–water partition coefficient (Wildman–Crippen LogP) is 6.41. The lowest BCUT2D eigenvalue weighted by Crippen LogP contribution is -1.85. The summed E-state index contributed by atoms with van der Waals surface area (Å²) in [5.41, 5.74) is 1.92. The molecular formula is C18H12Cl2. The second kappa shape index (κ2) is 4.97. The van der Waals surface area contributed by atoms with Crippen molar-refractivity contribution < 1.29 is 0 Å². The average Bonchev–Trinajstić information content (AvgIpc) is 2.43. The Labute approximate surface area is 127 Å². The minimum absolute atomic E-state index is 0.549. The molecule has 3 aromatic rings. The molecule has 0 aromatic heterocycles. The highest BCUT2D eigenvalue weighted by Crippen LogP contribution is 2.33. The van der Waals surface area contributed by atoms with E-state index in [9.17, 15) is 0 Å². The Bertz CT molecular complexity index is 786. The number of halogens is 2. The molecular weight excluding hydrogens is 287 g/mol. The van der Waals surface area contributed by atoms with Crippen molar-refractivity contribution in [2.24, 2.45) is 0 Å². The highest BCUT2D eigenvalue weighted by atomic mass is 35.5. The van der Waals surface area contributed by atoms with E-state index in [1.807, 2.05) is 24.3 Å². The van der Waals surface area contributed by atoms with Crippen LogP contribution in [0, 0.1) is 0 Å². The second-order valence-electron chi connectivity index (χ2n) is 4.72. The highest BCUT2D eigenvalue weighted by molar-refractivity contribution is 6.50. The van der Waals surface area contributed by atoms with Crippen molar-refractivity contribution in [2.75, 3.05) is 0 Å². The van der Waals surface area contributed by atoms with Crippen LogP contribution in [0.4, 0.5) is 0 Å². The maximum atomic E-state index is 6.09. The molecule has 0 atom stereocenters. The quantitative estimate of drug-likeness (QED) is 0.479. The Morgan fingerprint density at radius 2 is 1.10 bits per heavy atom. The van der Waals surface area contributed by atoms with Crippen molar-refractivity contribution >= 4 is 54.8 Å². The summed E-state index contributed by atoms with van der Waals surface area (Å²) in [4.78, 5) is 0. The molecule has 0 radical (unpaired) electrons. The largest absolute Gasteiger partial charge is 0.0843 e. The minimum atomic E-state index is 0.549. The van der Waals surface area contributed by atoms with Gasteiger partial charge >= 0.3 is 0 Å². The van der Waals surface area contributed by atoms with Gasteiger partial charge in [-0.05, 0) is 33.7 Å². The lowest BCUT2D eigenvalue weighted by atomic mass is 9.97. The molecule has 0 saturated carbocycles. The fourth-order valence-electron chi connectivity index (χ4n) is 2.52. The van der Waals surface area contributed by atoms with E-state index in [0.717, 1.165) is 32.7 Å². The molecule has 0 N–H and O–H groups in total. The van der Waals surface area contributed by atoms with Crippen LogP contribution in [0.5, 0.6) is 0 Å². The van der Waals surface area contributed by atoms with E-state index >= 15 is 0 Å². The summed E-state index contributed by atoms with van der Waals surface area (Å²) < 4.78 is 0. The molecule has 0 unspecified atom stereocenters. The van der Waals surface area contributed by atoms with Gasteiger partial charge in [-0.25, -0.2) is 0 Å². The van der Waals surface area contributed by atoms with Crippen molar-refractivity contribution in [1.29, 1.82) is 0 Å². The summed E-state index contributed by atoms with van der Waals surface area (Å²) in [6, 6.07) is 16.3. The van der Waals surface area contributed by atoms with Gasteiger partial charge in [-0.2, -0.15) is 0 Å². The minimum Gasteiger partial charge on any atom is -0.0843 e. The summed E-state index contributed by atoms with van der Waals surface area (Å²) in [5.74, 6) is 0. The van der Waals surface area contributed by atoms with Gasteiger partial charge in [-0.1, -0.05) is 72.8 Å². The first kappa shape index (κ1) is 13.2. The van der Waals surface area contributed by atoms with Gasteiger partial charge in [-0.3, -0.25) is 0 Å². The maximum absolute atomic E-state index is 6.09. The van der Waals surface area contributed by atoms with Gasteiger partial charge in [-0.15, -0.1) is 0 Å². The first-order valence-corrected chi connectivity index (χ1v) is 6.98. The molecule has 0 fully saturated rings. The van der Waals surface area contributed by atoms with Gasteiger partial charge in [0.15, 0.2) is 0 Å². The van der Waals surface area contributed by atoms with E-state index in [1.165, 1.54) is 0 Å². The summed E-state index contributed by atoms with van der Waals surface area (Å²) in [6.45, 7) is 7.66. The summed E-state index contributed by atoms with van der Waals surface area (Å²) >= 11 is 12.2. The number of hydrogen-bond acceptors (Lipinski definition) is 0. The molecule has 0 aliphatic heterocycles. The molecule has 98 valence electrons. The highest BCUT2D eigenvalue weighted by Gasteiger charge is 2.08. The zero-order valence-electron chi connectivity index (χ0n) is 10.8. The normalized spacial score (nSPS) is 10.9. The Morgan fingerprint density at radius 1 is 0.700 bits per heavy atom. The molecule has 0 saturated heterocycles. The molecule has 0 spiro atoms. The van der Waals surface area contributed by atoms with Gasteiger partial charge in [0.25, 0.3) is 0 Å². The average molecular weight is 299 g/mol. The molecule has 20 heavy (non-hydrogen) atoms. The van der Waals surface area contributed by atoms with Crippen LogP contribution in [0.1, 0.15) is 11.1 Å². The van der Waals surface area contributed by atoms with Gasteiger partial charge in [0.1, 0.15) is 0 Å². The molecule has 0 nitrogen and oxygen atoms in total. The summed E-state index contributed by atoms with van der Waals surface area (Å²) in [6.07, 6.45) is 0. The summed E-state index contributed by atoms with van der Waals surface area (Å²) in [5, 5.41) is 5.51. The van der Waals surface area contributed by atoms with E-state index in [0.29, 0.717) is 10.1 Å². The monoisotopic (exact) mass is 298 g/mol. The molecule has 0 aliphatic carbocycles. The van der Waals surface area contributed by atoms with Crippen molar-refractivity contribution in [2.45, 2.75) is 0 Å². The first-order valence-electron chi connectivity index (χ1n) is 6.23. The van der Waals surface area contributed by atoms with E-state index in [-0.39, 0.29) is 0 Å². The third-order valence-electron chi connectivity index (χ3n) is 3.46. The Morgan fingerprint density at radius 3 is 1.45 bits per heavy atom. The van der Waals surface area contributed by atoms with Crippen LogP contribution in [0.25, 0.3) is 31.6 Å². The SMILES string of the molecule is C=C(Cl)c1cccc2cc3c(C(=C)Cl)cccc3cc12. The van der Waals surface area contributed by atoms with Crippen LogP contribution < -0.4 is 0 Å². The Kier molecular flexibility index (Phi) is 3.29. The third-order valence-corrected chi connectivity index (χ3v) is 3.87. The number of benzene rings is 3. The second-order valence-corrected chi connectivity index (χ2v) is 5.63. The van der Waals surface area contributed by atoms with E-state index in [1.54, 1.807) is 0 Å². The fourth-order valence-corrected chi connectivity index (χ4v) is 2.85. The van der Waals surface area contributed by atoms with Gasteiger partial charge in [0.05, 0.1) is 0 Å². The third kappa shape index (κ3) is 2.11. The van der Waals surface area contributed by atoms with Crippen LogP contribution in [0.2, 0.25) is 0 Å². The zero-order valence-corrected chi connectivity index (χ0v) is 12.3.